The third-order valence-corrected chi connectivity index (χ3v) is 2.70. The number of aromatic nitrogens is 2. The molecule has 0 bridgehead atoms. The predicted octanol–water partition coefficient (Wildman–Crippen LogP) is 3.14. The lowest BCUT2D eigenvalue weighted by Gasteiger charge is -2.04. The van der Waals surface area contributed by atoms with Crippen LogP contribution in [0.5, 0.6) is 5.75 Å². The maximum absolute atomic E-state index is 12.0. The first-order valence-corrected chi connectivity index (χ1v) is 6.24. The Hall–Kier alpha value is -2.02. The Morgan fingerprint density at radius 2 is 2.00 bits per heavy atom. The highest BCUT2D eigenvalue weighted by atomic mass is 19.3. The Morgan fingerprint density at radius 1 is 1.30 bits per heavy atom. The van der Waals surface area contributed by atoms with Crippen molar-refractivity contribution in [3.05, 3.63) is 30.1 Å². The van der Waals surface area contributed by atoms with Crippen LogP contribution < -0.4 is 10.5 Å². The lowest BCUT2D eigenvalue weighted by Crippen LogP contribution is -2.11. The van der Waals surface area contributed by atoms with E-state index in [2.05, 4.69) is 14.9 Å². The molecule has 2 N–H and O–H groups in total. The Morgan fingerprint density at radius 3 is 2.60 bits per heavy atom. The first-order valence-electron chi connectivity index (χ1n) is 6.24. The maximum atomic E-state index is 12.0. The minimum absolute atomic E-state index is 0.0752. The van der Waals surface area contributed by atoms with Crippen molar-refractivity contribution < 1.29 is 18.0 Å². The van der Waals surface area contributed by atoms with Crippen LogP contribution in [0.15, 0.2) is 28.8 Å². The van der Waals surface area contributed by atoms with E-state index in [1.165, 1.54) is 12.1 Å². The van der Waals surface area contributed by atoms with Crippen LogP contribution in [0.4, 0.5) is 8.78 Å². The molecule has 0 aliphatic heterocycles. The highest BCUT2D eigenvalue weighted by Crippen LogP contribution is 2.23. The minimum atomic E-state index is -2.84. The third-order valence-electron chi connectivity index (χ3n) is 2.70. The van der Waals surface area contributed by atoms with Crippen LogP contribution in [0.25, 0.3) is 11.5 Å². The van der Waals surface area contributed by atoms with Gasteiger partial charge in [-0.1, -0.05) is 18.5 Å². The average Bonchev–Trinajstić information content (AvgIpc) is 2.89. The zero-order chi connectivity index (χ0) is 14.5. The van der Waals surface area contributed by atoms with Crippen molar-refractivity contribution in [1.82, 2.24) is 10.1 Å². The molecule has 0 spiro atoms. The quantitative estimate of drug-likeness (QED) is 0.881. The number of nitrogens with two attached hydrogens (primary N) is 1. The van der Waals surface area contributed by atoms with E-state index in [1.54, 1.807) is 12.1 Å². The van der Waals surface area contributed by atoms with Gasteiger partial charge in [0, 0.05) is 5.56 Å². The van der Waals surface area contributed by atoms with E-state index in [0.717, 1.165) is 12.8 Å². The number of hydrogen-bond donors (Lipinski definition) is 1. The van der Waals surface area contributed by atoms with Gasteiger partial charge in [0.1, 0.15) is 5.75 Å². The first-order chi connectivity index (χ1) is 9.60. The normalized spacial score (nSPS) is 12.7. The summed E-state index contributed by atoms with van der Waals surface area (Å²) in [7, 11) is 0. The molecule has 0 saturated heterocycles. The molecule has 1 atom stereocenters. The first kappa shape index (κ1) is 14.4. The number of rotatable bonds is 6. The van der Waals surface area contributed by atoms with Crippen molar-refractivity contribution >= 4 is 0 Å². The van der Waals surface area contributed by atoms with E-state index in [4.69, 9.17) is 10.3 Å². The van der Waals surface area contributed by atoms with Crippen LogP contribution in [0.1, 0.15) is 31.6 Å². The fourth-order valence-electron chi connectivity index (χ4n) is 1.72. The molecule has 0 amide bonds. The van der Waals surface area contributed by atoms with E-state index in [1.807, 2.05) is 6.92 Å². The molecule has 0 aliphatic carbocycles. The lowest BCUT2D eigenvalue weighted by atomic mass is 10.2. The van der Waals surface area contributed by atoms with Crippen LogP contribution in [-0.4, -0.2) is 16.8 Å². The molecule has 1 aromatic heterocycles. The summed E-state index contributed by atoms with van der Waals surface area (Å²) in [6.45, 7) is -0.828. The van der Waals surface area contributed by atoms with Crippen molar-refractivity contribution in [2.75, 3.05) is 0 Å². The molecule has 7 heteroatoms. The van der Waals surface area contributed by atoms with Crippen LogP contribution >= 0.6 is 0 Å². The van der Waals surface area contributed by atoms with Gasteiger partial charge >= 0.3 is 6.61 Å². The number of benzene rings is 1. The lowest BCUT2D eigenvalue weighted by molar-refractivity contribution is -0.0498. The molecule has 2 rings (SSSR count). The SMILES string of the molecule is CCCC(N)c1noc(-c2ccc(OC(F)F)cc2)n1. The van der Waals surface area contributed by atoms with Gasteiger partial charge in [-0.15, -0.1) is 0 Å². The van der Waals surface area contributed by atoms with E-state index < -0.39 is 6.61 Å². The van der Waals surface area contributed by atoms with Crippen molar-refractivity contribution in [3.63, 3.8) is 0 Å². The number of hydrogen-bond acceptors (Lipinski definition) is 5. The van der Waals surface area contributed by atoms with Gasteiger partial charge in [-0.05, 0) is 30.7 Å². The average molecular weight is 283 g/mol. The Bertz CT molecular complexity index is 543. The summed E-state index contributed by atoms with van der Waals surface area (Å²) in [5.41, 5.74) is 6.51. The molecule has 0 fully saturated rings. The Kier molecular flexibility index (Phi) is 4.62. The van der Waals surface area contributed by atoms with Gasteiger partial charge < -0.3 is 15.0 Å². The smallest absolute Gasteiger partial charge is 0.387 e. The molecule has 20 heavy (non-hydrogen) atoms. The van der Waals surface area contributed by atoms with Gasteiger partial charge in [-0.25, -0.2) is 0 Å². The fourth-order valence-corrected chi connectivity index (χ4v) is 1.72. The number of halogens is 2. The highest BCUT2D eigenvalue weighted by Gasteiger charge is 2.14. The molecular formula is C13H15F2N3O2. The summed E-state index contributed by atoms with van der Waals surface area (Å²) in [5, 5.41) is 3.82. The summed E-state index contributed by atoms with van der Waals surface area (Å²) in [5.74, 6) is 0.816. The van der Waals surface area contributed by atoms with Crippen LogP contribution in [0.3, 0.4) is 0 Å². The number of nitrogens with zero attached hydrogens (tertiary/aromatic N) is 2. The Balaban J connectivity index is 2.11. The van der Waals surface area contributed by atoms with E-state index in [9.17, 15) is 8.78 Å². The van der Waals surface area contributed by atoms with Gasteiger partial charge in [0.25, 0.3) is 5.89 Å². The second-order valence-corrected chi connectivity index (χ2v) is 4.26. The van der Waals surface area contributed by atoms with Gasteiger partial charge in [0.15, 0.2) is 5.82 Å². The summed E-state index contributed by atoms with van der Waals surface area (Å²) in [6.07, 6.45) is 1.69. The minimum Gasteiger partial charge on any atom is -0.435 e. The molecule has 108 valence electrons. The molecule has 0 radical (unpaired) electrons. The van der Waals surface area contributed by atoms with Gasteiger partial charge in [-0.2, -0.15) is 13.8 Å². The maximum Gasteiger partial charge on any atom is 0.387 e. The number of ether oxygens (including phenoxy) is 1. The molecule has 0 saturated carbocycles. The van der Waals surface area contributed by atoms with Crippen molar-refractivity contribution in [3.8, 4) is 17.2 Å². The van der Waals surface area contributed by atoms with E-state index in [-0.39, 0.29) is 11.8 Å². The predicted molar refractivity (Wildman–Crippen MR) is 68.2 cm³/mol. The van der Waals surface area contributed by atoms with Crippen LogP contribution in [0, 0.1) is 0 Å². The van der Waals surface area contributed by atoms with Gasteiger partial charge in [-0.3, -0.25) is 0 Å². The summed E-state index contributed by atoms with van der Waals surface area (Å²) < 4.78 is 33.4. The largest absolute Gasteiger partial charge is 0.435 e. The second-order valence-electron chi connectivity index (χ2n) is 4.26. The standard InChI is InChI=1S/C13H15F2N3O2/c1-2-3-10(16)11-17-12(20-18-11)8-4-6-9(7-5-8)19-13(14)15/h4-7,10,13H,2-3,16H2,1H3. The monoisotopic (exact) mass is 283 g/mol. The zero-order valence-electron chi connectivity index (χ0n) is 10.9. The third kappa shape index (κ3) is 3.51. The van der Waals surface area contributed by atoms with Gasteiger partial charge in [0.2, 0.25) is 0 Å². The number of alkyl halides is 2. The molecule has 2 aromatic rings. The van der Waals surface area contributed by atoms with Gasteiger partial charge in [0.05, 0.1) is 6.04 Å². The topological polar surface area (TPSA) is 74.2 Å². The van der Waals surface area contributed by atoms with Crippen LogP contribution in [0.2, 0.25) is 0 Å². The van der Waals surface area contributed by atoms with Crippen LogP contribution in [-0.2, 0) is 0 Å². The molecule has 1 heterocycles. The second kappa shape index (κ2) is 6.42. The molecule has 5 nitrogen and oxygen atoms in total. The van der Waals surface area contributed by atoms with Crippen molar-refractivity contribution in [2.45, 2.75) is 32.4 Å². The van der Waals surface area contributed by atoms with E-state index >= 15 is 0 Å². The summed E-state index contributed by atoms with van der Waals surface area (Å²) >= 11 is 0. The highest BCUT2D eigenvalue weighted by molar-refractivity contribution is 5.54. The summed E-state index contributed by atoms with van der Waals surface area (Å²) in [4.78, 5) is 4.20. The Labute approximate surface area is 114 Å². The molecule has 1 aromatic carbocycles. The molecular weight excluding hydrogens is 268 g/mol. The molecule has 1 unspecified atom stereocenters. The van der Waals surface area contributed by atoms with E-state index in [0.29, 0.717) is 17.3 Å². The van der Waals surface area contributed by atoms with Crippen molar-refractivity contribution in [2.24, 2.45) is 5.73 Å². The molecule has 0 aliphatic rings. The fraction of sp³-hybridized carbons (Fsp3) is 0.385. The summed E-state index contributed by atoms with van der Waals surface area (Å²) in [6, 6.07) is 5.70. The van der Waals surface area contributed by atoms with Crippen molar-refractivity contribution in [1.29, 1.82) is 0 Å². The zero-order valence-corrected chi connectivity index (χ0v) is 10.9.